The summed E-state index contributed by atoms with van der Waals surface area (Å²) in [5.41, 5.74) is 9.33. The van der Waals surface area contributed by atoms with E-state index in [1.807, 2.05) is 19.1 Å². The predicted octanol–water partition coefficient (Wildman–Crippen LogP) is 0.0581. The number of anilines is 1. The monoisotopic (exact) mass is 166 g/mol. The predicted molar refractivity (Wildman–Crippen MR) is 49.1 cm³/mol. The molecule has 0 spiro atoms. The van der Waals surface area contributed by atoms with E-state index in [1.54, 1.807) is 6.20 Å². The Morgan fingerprint density at radius 1 is 1.67 bits per heavy atom. The number of nitrogen functional groups attached to an aromatic ring is 1. The molecule has 1 heterocycles. The highest BCUT2D eigenvalue weighted by Crippen LogP contribution is 2.05. The van der Waals surface area contributed by atoms with Crippen LogP contribution in [-0.4, -0.2) is 11.0 Å². The second-order valence-corrected chi connectivity index (χ2v) is 2.86. The lowest BCUT2D eigenvalue weighted by molar-refractivity contribution is 0.568. The van der Waals surface area contributed by atoms with Crippen LogP contribution in [-0.2, 0) is 6.42 Å². The maximum absolute atomic E-state index is 5.51. The maximum atomic E-state index is 5.51. The SMILES string of the molecule is CC(Cc1ccnc(N)c1)NN. The van der Waals surface area contributed by atoms with E-state index >= 15 is 0 Å². The van der Waals surface area contributed by atoms with Crippen molar-refractivity contribution in [1.29, 1.82) is 0 Å². The first-order valence-electron chi connectivity index (χ1n) is 3.89. The number of hydrazine groups is 1. The van der Waals surface area contributed by atoms with Crippen molar-refractivity contribution in [3.63, 3.8) is 0 Å². The van der Waals surface area contributed by atoms with Gasteiger partial charge >= 0.3 is 0 Å². The summed E-state index contributed by atoms with van der Waals surface area (Å²) in [5.74, 6) is 5.81. The Morgan fingerprint density at radius 2 is 2.42 bits per heavy atom. The van der Waals surface area contributed by atoms with Crippen molar-refractivity contribution in [3.8, 4) is 0 Å². The van der Waals surface area contributed by atoms with Crippen molar-refractivity contribution in [2.24, 2.45) is 5.84 Å². The summed E-state index contributed by atoms with van der Waals surface area (Å²) in [6.45, 7) is 2.01. The highest BCUT2D eigenvalue weighted by molar-refractivity contribution is 5.32. The summed E-state index contributed by atoms with van der Waals surface area (Å²) >= 11 is 0. The van der Waals surface area contributed by atoms with E-state index in [4.69, 9.17) is 11.6 Å². The maximum Gasteiger partial charge on any atom is 0.123 e. The molecule has 0 aliphatic rings. The summed E-state index contributed by atoms with van der Waals surface area (Å²) in [6, 6.07) is 4.05. The molecule has 1 aromatic heterocycles. The van der Waals surface area contributed by atoms with Crippen LogP contribution >= 0.6 is 0 Å². The number of aromatic nitrogens is 1. The average Bonchev–Trinajstić information content (AvgIpc) is 2.04. The largest absolute Gasteiger partial charge is 0.384 e. The quantitative estimate of drug-likeness (QED) is 0.438. The van der Waals surface area contributed by atoms with Crippen LogP contribution in [0.4, 0.5) is 5.82 Å². The summed E-state index contributed by atoms with van der Waals surface area (Å²) in [6.07, 6.45) is 2.57. The number of rotatable bonds is 3. The van der Waals surface area contributed by atoms with Crippen LogP contribution < -0.4 is 17.0 Å². The smallest absolute Gasteiger partial charge is 0.123 e. The standard InChI is InChI=1S/C8H14N4/c1-6(12-10)4-7-2-3-11-8(9)5-7/h2-3,5-6,12H,4,10H2,1H3,(H2,9,11). The van der Waals surface area contributed by atoms with Gasteiger partial charge in [-0.05, 0) is 31.0 Å². The third-order valence-corrected chi connectivity index (χ3v) is 1.67. The molecular weight excluding hydrogens is 152 g/mol. The van der Waals surface area contributed by atoms with Crippen LogP contribution in [0.1, 0.15) is 12.5 Å². The molecule has 0 saturated carbocycles. The Kier molecular flexibility index (Phi) is 3.01. The van der Waals surface area contributed by atoms with E-state index in [2.05, 4.69) is 10.4 Å². The molecule has 5 N–H and O–H groups in total. The summed E-state index contributed by atoms with van der Waals surface area (Å²) in [5, 5.41) is 0. The molecular formula is C8H14N4. The number of hydrogen-bond acceptors (Lipinski definition) is 4. The number of pyridine rings is 1. The second-order valence-electron chi connectivity index (χ2n) is 2.86. The molecule has 12 heavy (non-hydrogen) atoms. The van der Waals surface area contributed by atoms with Gasteiger partial charge in [-0.2, -0.15) is 0 Å². The molecule has 0 radical (unpaired) electrons. The van der Waals surface area contributed by atoms with E-state index in [-0.39, 0.29) is 6.04 Å². The van der Waals surface area contributed by atoms with Crippen molar-refractivity contribution in [2.75, 3.05) is 5.73 Å². The van der Waals surface area contributed by atoms with Crippen molar-refractivity contribution in [1.82, 2.24) is 10.4 Å². The average molecular weight is 166 g/mol. The number of hydrogen-bond donors (Lipinski definition) is 3. The Balaban J connectivity index is 2.63. The minimum Gasteiger partial charge on any atom is -0.384 e. The van der Waals surface area contributed by atoms with Gasteiger partial charge in [0.25, 0.3) is 0 Å². The molecule has 0 fully saturated rings. The topological polar surface area (TPSA) is 77.0 Å². The molecule has 66 valence electrons. The molecule has 1 rings (SSSR count). The first kappa shape index (κ1) is 8.96. The number of nitrogens with one attached hydrogen (secondary N) is 1. The van der Waals surface area contributed by atoms with Gasteiger partial charge in [0.2, 0.25) is 0 Å². The van der Waals surface area contributed by atoms with Gasteiger partial charge in [-0.3, -0.25) is 11.3 Å². The van der Waals surface area contributed by atoms with Crippen LogP contribution in [0.5, 0.6) is 0 Å². The van der Waals surface area contributed by atoms with Gasteiger partial charge in [-0.1, -0.05) is 0 Å². The zero-order valence-corrected chi connectivity index (χ0v) is 7.12. The van der Waals surface area contributed by atoms with Gasteiger partial charge in [0, 0.05) is 12.2 Å². The Labute approximate surface area is 71.9 Å². The Morgan fingerprint density at radius 3 is 3.00 bits per heavy atom. The lowest BCUT2D eigenvalue weighted by atomic mass is 10.1. The summed E-state index contributed by atoms with van der Waals surface area (Å²) < 4.78 is 0. The third-order valence-electron chi connectivity index (χ3n) is 1.67. The lowest BCUT2D eigenvalue weighted by Crippen LogP contribution is -2.34. The number of nitrogens with zero attached hydrogens (tertiary/aromatic N) is 1. The molecule has 0 aliphatic carbocycles. The highest BCUT2D eigenvalue weighted by Gasteiger charge is 2.00. The normalized spacial score (nSPS) is 12.8. The fraction of sp³-hybridized carbons (Fsp3) is 0.375. The van der Waals surface area contributed by atoms with Gasteiger partial charge in [-0.25, -0.2) is 4.98 Å². The van der Waals surface area contributed by atoms with Gasteiger partial charge in [0.1, 0.15) is 5.82 Å². The van der Waals surface area contributed by atoms with Crippen LogP contribution in [0.2, 0.25) is 0 Å². The fourth-order valence-corrected chi connectivity index (χ4v) is 1.03. The third kappa shape index (κ3) is 2.48. The molecule has 0 amide bonds. The Bertz CT molecular complexity index is 249. The zero-order chi connectivity index (χ0) is 8.97. The molecule has 0 aliphatic heterocycles. The van der Waals surface area contributed by atoms with Gasteiger partial charge in [0.05, 0.1) is 0 Å². The molecule has 1 atom stereocenters. The van der Waals surface area contributed by atoms with E-state index in [1.165, 1.54) is 0 Å². The number of nitrogens with two attached hydrogens (primary N) is 2. The van der Waals surface area contributed by atoms with E-state index < -0.39 is 0 Å². The zero-order valence-electron chi connectivity index (χ0n) is 7.12. The summed E-state index contributed by atoms with van der Waals surface area (Å²) in [4.78, 5) is 3.90. The molecule has 0 saturated heterocycles. The molecule has 1 aromatic rings. The van der Waals surface area contributed by atoms with Gasteiger partial charge < -0.3 is 5.73 Å². The van der Waals surface area contributed by atoms with E-state index in [0.29, 0.717) is 5.82 Å². The Hall–Kier alpha value is -1.13. The molecule has 4 nitrogen and oxygen atoms in total. The lowest BCUT2D eigenvalue weighted by Gasteiger charge is -2.09. The van der Waals surface area contributed by atoms with E-state index in [9.17, 15) is 0 Å². The second kappa shape index (κ2) is 4.04. The minimum absolute atomic E-state index is 0.256. The molecule has 0 bridgehead atoms. The van der Waals surface area contributed by atoms with Crippen LogP contribution in [0, 0.1) is 0 Å². The highest BCUT2D eigenvalue weighted by atomic mass is 15.2. The molecule has 4 heteroatoms. The molecule has 0 aromatic carbocycles. The van der Waals surface area contributed by atoms with Gasteiger partial charge in [0.15, 0.2) is 0 Å². The molecule has 1 unspecified atom stereocenters. The van der Waals surface area contributed by atoms with E-state index in [0.717, 1.165) is 12.0 Å². The van der Waals surface area contributed by atoms with Crippen molar-refractivity contribution < 1.29 is 0 Å². The fourth-order valence-electron chi connectivity index (χ4n) is 1.03. The van der Waals surface area contributed by atoms with Crippen molar-refractivity contribution in [2.45, 2.75) is 19.4 Å². The first-order valence-corrected chi connectivity index (χ1v) is 3.89. The van der Waals surface area contributed by atoms with Crippen LogP contribution in [0.15, 0.2) is 18.3 Å². The first-order chi connectivity index (χ1) is 5.72. The van der Waals surface area contributed by atoms with Crippen LogP contribution in [0.3, 0.4) is 0 Å². The minimum atomic E-state index is 0.256. The van der Waals surface area contributed by atoms with Crippen LogP contribution in [0.25, 0.3) is 0 Å². The summed E-state index contributed by atoms with van der Waals surface area (Å²) in [7, 11) is 0. The van der Waals surface area contributed by atoms with Crippen molar-refractivity contribution >= 4 is 5.82 Å². The van der Waals surface area contributed by atoms with Crippen molar-refractivity contribution in [3.05, 3.63) is 23.9 Å². The van der Waals surface area contributed by atoms with Gasteiger partial charge in [-0.15, -0.1) is 0 Å².